The molecule has 0 fully saturated rings. The van der Waals surface area contributed by atoms with Crippen LogP contribution in [-0.2, 0) is 6.54 Å². The number of rotatable bonds is 8. The van der Waals surface area contributed by atoms with E-state index in [0.29, 0.717) is 5.41 Å². The molecule has 0 bridgehead atoms. The molecule has 18 heavy (non-hydrogen) atoms. The average Bonchev–Trinajstić information content (AvgIpc) is 2.67. The first kappa shape index (κ1) is 15.7. The van der Waals surface area contributed by atoms with Gasteiger partial charge in [0.2, 0.25) is 0 Å². The van der Waals surface area contributed by atoms with Crippen LogP contribution in [0.25, 0.3) is 0 Å². The molecule has 0 saturated carbocycles. The molecule has 104 valence electrons. The summed E-state index contributed by atoms with van der Waals surface area (Å²) in [6.07, 6.45) is 0. The van der Waals surface area contributed by atoms with Crippen molar-refractivity contribution in [3.8, 4) is 0 Å². The minimum Gasteiger partial charge on any atom is -0.316 e. The zero-order valence-electron chi connectivity index (χ0n) is 12.5. The van der Waals surface area contributed by atoms with E-state index in [1.807, 2.05) is 0 Å². The molecule has 2 nitrogen and oxygen atoms in total. The summed E-state index contributed by atoms with van der Waals surface area (Å²) < 4.78 is 0. The van der Waals surface area contributed by atoms with Crippen molar-refractivity contribution in [3.05, 3.63) is 22.4 Å². The van der Waals surface area contributed by atoms with E-state index in [9.17, 15) is 0 Å². The predicted octanol–water partition coefficient (Wildman–Crippen LogP) is 3.45. The van der Waals surface area contributed by atoms with Gasteiger partial charge >= 0.3 is 0 Å². The Bertz CT molecular complexity index is 317. The summed E-state index contributed by atoms with van der Waals surface area (Å²) in [4.78, 5) is 2.42. The Kier molecular flexibility index (Phi) is 6.33. The summed E-state index contributed by atoms with van der Waals surface area (Å²) in [5.74, 6) is 0.726. The Morgan fingerprint density at radius 1 is 1.39 bits per heavy atom. The summed E-state index contributed by atoms with van der Waals surface area (Å²) >= 11 is 1.78. The summed E-state index contributed by atoms with van der Waals surface area (Å²) in [6.45, 7) is 13.5. The number of nitrogens with one attached hydrogen (secondary N) is 1. The Labute approximate surface area is 116 Å². The molecule has 0 radical (unpaired) electrons. The first-order valence-electron chi connectivity index (χ1n) is 6.79. The lowest BCUT2D eigenvalue weighted by molar-refractivity contribution is 0.197. The minimum absolute atomic E-state index is 0.319. The monoisotopic (exact) mass is 268 g/mol. The highest BCUT2D eigenvalue weighted by molar-refractivity contribution is 7.07. The molecule has 1 aromatic heterocycles. The maximum atomic E-state index is 3.56. The van der Waals surface area contributed by atoms with Crippen molar-refractivity contribution in [2.45, 2.75) is 34.2 Å². The highest BCUT2D eigenvalue weighted by Crippen LogP contribution is 2.17. The first-order valence-corrected chi connectivity index (χ1v) is 7.74. The van der Waals surface area contributed by atoms with E-state index < -0.39 is 0 Å². The van der Waals surface area contributed by atoms with Crippen molar-refractivity contribution < 1.29 is 0 Å². The van der Waals surface area contributed by atoms with Crippen molar-refractivity contribution in [2.24, 2.45) is 11.3 Å². The molecule has 0 aliphatic carbocycles. The van der Waals surface area contributed by atoms with Gasteiger partial charge in [-0.2, -0.15) is 11.3 Å². The van der Waals surface area contributed by atoms with Crippen molar-refractivity contribution in [1.82, 2.24) is 10.2 Å². The maximum absolute atomic E-state index is 3.56. The third kappa shape index (κ3) is 6.53. The number of hydrogen-bond acceptors (Lipinski definition) is 3. The van der Waals surface area contributed by atoms with Gasteiger partial charge in [-0.25, -0.2) is 0 Å². The highest BCUT2D eigenvalue weighted by atomic mass is 32.1. The van der Waals surface area contributed by atoms with Crippen LogP contribution in [-0.4, -0.2) is 31.6 Å². The minimum atomic E-state index is 0.319. The number of thiophene rings is 1. The summed E-state index contributed by atoms with van der Waals surface area (Å²) in [5.41, 5.74) is 1.74. The molecule has 0 atom stereocenters. The van der Waals surface area contributed by atoms with E-state index in [-0.39, 0.29) is 0 Å². The molecule has 1 rings (SSSR count). The molecular formula is C15H28N2S. The number of nitrogens with zero attached hydrogens (tertiary/aromatic N) is 1. The molecule has 0 aromatic carbocycles. The molecule has 0 saturated heterocycles. The molecule has 3 heteroatoms. The fourth-order valence-corrected chi connectivity index (χ4v) is 2.90. The van der Waals surface area contributed by atoms with Crippen LogP contribution >= 0.6 is 11.3 Å². The Morgan fingerprint density at radius 3 is 2.67 bits per heavy atom. The van der Waals surface area contributed by atoms with Crippen LogP contribution in [0.5, 0.6) is 0 Å². The first-order chi connectivity index (χ1) is 8.39. The van der Waals surface area contributed by atoms with Crippen LogP contribution in [0.2, 0.25) is 0 Å². The van der Waals surface area contributed by atoms with Crippen LogP contribution in [0.3, 0.4) is 0 Å². The van der Waals surface area contributed by atoms with Crippen molar-refractivity contribution in [2.75, 3.05) is 26.7 Å². The van der Waals surface area contributed by atoms with Gasteiger partial charge in [-0.05, 0) is 47.3 Å². The third-order valence-electron chi connectivity index (χ3n) is 2.89. The molecule has 0 amide bonds. The van der Waals surface area contributed by atoms with E-state index in [4.69, 9.17) is 0 Å². The normalized spacial score (nSPS) is 12.6. The molecule has 0 spiro atoms. The second-order valence-electron chi connectivity index (χ2n) is 6.49. The summed E-state index contributed by atoms with van der Waals surface area (Å²) in [5, 5.41) is 7.95. The lowest BCUT2D eigenvalue weighted by Gasteiger charge is -2.30. The van der Waals surface area contributed by atoms with Gasteiger partial charge in [0.15, 0.2) is 0 Å². The Morgan fingerprint density at radius 2 is 2.11 bits per heavy atom. The van der Waals surface area contributed by atoms with Gasteiger partial charge in [-0.1, -0.05) is 27.7 Å². The zero-order valence-corrected chi connectivity index (χ0v) is 13.3. The average molecular weight is 268 g/mol. The molecule has 1 heterocycles. The van der Waals surface area contributed by atoms with E-state index in [0.717, 1.165) is 32.1 Å². The SMILES string of the molecule is CC(C)CNCC(C)(C)CN(C)Cc1ccsc1. The largest absolute Gasteiger partial charge is 0.316 e. The fourth-order valence-electron chi connectivity index (χ4n) is 2.24. The van der Waals surface area contributed by atoms with Gasteiger partial charge in [0.1, 0.15) is 0 Å². The van der Waals surface area contributed by atoms with E-state index in [1.165, 1.54) is 5.56 Å². The lowest BCUT2D eigenvalue weighted by Crippen LogP contribution is -2.39. The van der Waals surface area contributed by atoms with Crippen LogP contribution in [0.15, 0.2) is 16.8 Å². The lowest BCUT2D eigenvalue weighted by atomic mass is 9.92. The predicted molar refractivity (Wildman–Crippen MR) is 82.1 cm³/mol. The standard InChI is InChI=1S/C15H28N2S/c1-13(2)8-16-11-15(3,4)12-17(5)9-14-6-7-18-10-14/h6-7,10,13,16H,8-9,11-12H2,1-5H3. The van der Waals surface area contributed by atoms with Crippen LogP contribution in [0, 0.1) is 11.3 Å². The van der Waals surface area contributed by atoms with Gasteiger partial charge in [0, 0.05) is 19.6 Å². The smallest absolute Gasteiger partial charge is 0.0239 e. The molecule has 0 aliphatic rings. The van der Waals surface area contributed by atoms with Gasteiger partial charge in [-0.15, -0.1) is 0 Å². The van der Waals surface area contributed by atoms with Crippen molar-refractivity contribution in [1.29, 1.82) is 0 Å². The maximum Gasteiger partial charge on any atom is 0.0239 e. The fraction of sp³-hybridized carbons (Fsp3) is 0.733. The Hall–Kier alpha value is -0.380. The van der Waals surface area contributed by atoms with Gasteiger partial charge in [0.05, 0.1) is 0 Å². The highest BCUT2D eigenvalue weighted by Gasteiger charge is 2.19. The molecule has 0 aliphatic heterocycles. The second kappa shape index (κ2) is 7.27. The van der Waals surface area contributed by atoms with Gasteiger partial charge in [0.25, 0.3) is 0 Å². The molecule has 1 N–H and O–H groups in total. The quantitative estimate of drug-likeness (QED) is 0.777. The van der Waals surface area contributed by atoms with Crippen LogP contribution in [0.1, 0.15) is 33.3 Å². The van der Waals surface area contributed by atoms with Gasteiger partial charge in [-0.3, -0.25) is 0 Å². The van der Waals surface area contributed by atoms with Crippen molar-refractivity contribution in [3.63, 3.8) is 0 Å². The van der Waals surface area contributed by atoms with E-state index in [1.54, 1.807) is 11.3 Å². The zero-order chi connectivity index (χ0) is 13.6. The third-order valence-corrected chi connectivity index (χ3v) is 3.62. The Balaban J connectivity index is 2.30. The summed E-state index contributed by atoms with van der Waals surface area (Å²) in [7, 11) is 2.21. The second-order valence-corrected chi connectivity index (χ2v) is 7.27. The molecular weight excluding hydrogens is 240 g/mol. The summed E-state index contributed by atoms with van der Waals surface area (Å²) in [6, 6.07) is 2.21. The van der Waals surface area contributed by atoms with E-state index in [2.05, 4.69) is 61.8 Å². The van der Waals surface area contributed by atoms with Gasteiger partial charge < -0.3 is 10.2 Å². The number of hydrogen-bond donors (Lipinski definition) is 1. The van der Waals surface area contributed by atoms with E-state index >= 15 is 0 Å². The molecule has 1 aromatic rings. The van der Waals surface area contributed by atoms with Crippen molar-refractivity contribution >= 4 is 11.3 Å². The molecule has 0 unspecified atom stereocenters. The topological polar surface area (TPSA) is 15.3 Å². The van der Waals surface area contributed by atoms with Crippen LogP contribution in [0.4, 0.5) is 0 Å². The van der Waals surface area contributed by atoms with Crippen LogP contribution < -0.4 is 5.32 Å².